The maximum absolute atomic E-state index is 9.51. The van der Waals surface area contributed by atoms with Crippen molar-refractivity contribution in [2.75, 3.05) is 19.3 Å². The number of nitrogens with one attached hydrogen (secondary N) is 2. The molecule has 0 saturated carbocycles. The summed E-state index contributed by atoms with van der Waals surface area (Å²) in [7, 11) is 1.78. The normalized spacial score (nSPS) is 23.2. The summed E-state index contributed by atoms with van der Waals surface area (Å²) in [6.07, 6.45) is 5.54. The van der Waals surface area contributed by atoms with E-state index in [-0.39, 0.29) is 0 Å². The van der Waals surface area contributed by atoms with E-state index in [4.69, 9.17) is 10.5 Å². The monoisotopic (exact) mass is 393 g/mol. The van der Waals surface area contributed by atoms with Crippen LogP contribution in [0.3, 0.4) is 0 Å². The predicted molar refractivity (Wildman–Crippen MR) is 112 cm³/mol. The molecule has 3 atom stereocenters. The van der Waals surface area contributed by atoms with Gasteiger partial charge in [-0.25, -0.2) is 4.68 Å². The Morgan fingerprint density at radius 3 is 2.86 bits per heavy atom. The molecule has 2 bridgehead atoms. The van der Waals surface area contributed by atoms with Crippen LogP contribution in [0.2, 0.25) is 0 Å². The van der Waals surface area contributed by atoms with Gasteiger partial charge in [-0.1, -0.05) is 18.2 Å². The van der Waals surface area contributed by atoms with Crippen molar-refractivity contribution in [3.05, 3.63) is 41.6 Å². The third-order valence-corrected chi connectivity index (χ3v) is 5.64. The van der Waals surface area contributed by atoms with Crippen LogP contribution >= 0.6 is 0 Å². The largest absolute Gasteiger partial charge is 0.382 e. The summed E-state index contributed by atoms with van der Waals surface area (Å²) in [5.41, 5.74) is 8.19. The first-order valence-electron chi connectivity index (χ1n) is 10.1. The highest BCUT2D eigenvalue weighted by atomic mass is 16.5. The SMILES string of the molecule is CN=C(NCCCc1nn(-c2ccccc2)c(N)c1C#N)NC1CC2CCC1O2. The predicted octanol–water partition coefficient (Wildman–Crippen LogP) is 1.74. The molecule has 3 unspecified atom stereocenters. The van der Waals surface area contributed by atoms with E-state index >= 15 is 0 Å². The van der Waals surface area contributed by atoms with Gasteiger partial charge in [-0.15, -0.1) is 0 Å². The van der Waals surface area contributed by atoms with E-state index in [0.29, 0.717) is 36.1 Å². The molecule has 29 heavy (non-hydrogen) atoms. The lowest BCUT2D eigenvalue weighted by atomic mass is 9.96. The third-order valence-electron chi connectivity index (χ3n) is 5.64. The number of guanidine groups is 1. The number of aliphatic imine (C=N–C) groups is 1. The maximum atomic E-state index is 9.51. The summed E-state index contributed by atoms with van der Waals surface area (Å²) >= 11 is 0. The smallest absolute Gasteiger partial charge is 0.191 e. The zero-order chi connectivity index (χ0) is 20.2. The van der Waals surface area contributed by atoms with E-state index in [1.54, 1.807) is 11.7 Å². The van der Waals surface area contributed by atoms with Crippen molar-refractivity contribution < 1.29 is 4.74 Å². The number of hydrogen-bond acceptors (Lipinski definition) is 5. The van der Waals surface area contributed by atoms with Crippen LogP contribution in [0, 0.1) is 11.3 Å². The molecule has 0 amide bonds. The molecule has 8 nitrogen and oxygen atoms in total. The molecule has 1 aromatic carbocycles. The van der Waals surface area contributed by atoms with Crippen LogP contribution in [0.15, 0.2) is 35.3 Å². The zero-order valence-corrected chi connectivity index (χ0v) is 16.6. The van der Waals surface area contributed by atoms with Crippen LogP contribution in [0.5, 0.6) is 0 Å². The fraction of sp³-hybridized carbons (Fsp3) is 0.476. The molecule has 4 rings (SSSR count). The number of para-hydroxylation sites is 1. The van der Waals surface area contributed by atoms with E-state index in [0.717, 1.165) is 43.1 Å². The second-order valence-electron chi connectivity index (χ2n) is 7.53. The number of nitrogens with zero attached hydrogens (tertiary/aromatic N) is 4. The Labute approximate surface area is 170 Å². The lowest BCUT2D eigenvalue weighted by molar-refractivity contribution is 0.0992. The molecule has 8 heteroatoms. The number of nitrogen functional groups attached to an aromatic ring is 1. The maximum Gasteiger partial charge on any atom is 0.191 e. The van der Waals surface area contributed by atoms with Gasteiger partial charge in [0.15, 0.2) is 5.96 Å². The summed E-state index contributed by atoms with van der Waals surface area (Å²) in [6.45, 7) is 0.727. The Balaban J connectivity index is 1.32. The first-order valence-corrected chi connectivity index (χ1v) is 10.1. The number of rotatable bonds is 6. The van der Waals surface area contributed by atoms with Crippen LogP contribution in [0.25, 0.3) is 5.69 Å². The number of anilines is 1. The Morgan fingerprint density at radius 1 is 1.38 bits per heavy atom. The fourth-order valence-electron chi connectivity index (χ4n) is 4.16. The van der Waals surface area contributed by atoms with Gasteiger partial charge in [0.2, 0.25) is 0 Å². The molecule has 3 heterocycles. The molecule has 2 aliphatic rings. The first-order chi connectivity index (χ1) is 14.2. The van der Waals surface area contributed by atoms with Crippen LogP contribution in [-0.4, -0.2) is 47.6 Å². The minimum atomic E-state index is 0.307. The average molecular weight is 393 g/mol. The van der Waals surface area contributed by atoms with Crippen LogP contribution < -0.4 is 16.4 Å². The second kappa shape index (κ2) is 8.53. The van der Waals surface area contributed by atoms with Crippen molar-refractivity contribution >= 4 is 11.8 Å². The van der Waals surface area contributed by atoms with Gasteiger partial charge < -0.3 is 21.1 Å². The van der Waals surface area contributed by atoms with E-state index < -0.39 is 0 Å². The molecule has 152 valence electrons. The van der Waals surface area contributed by atoms with Crippen molar-refractivity contribution in [3.8, 4) is 11.8 Å². The highest BCUT2D eigenvalue weighted by Crippen LogP contribution is 2.34. The average Bonchev–Trinajstić information content (AvgIpc) is 3.45. The van der Waals surface area contributed by atoms with Crippen LogP contribution in [0.1, 0.15) is 36.9 Å². The number of hydrogen-bond donors (Lipinski definition) is 3. The van der Waals surface area contributed by atoms with Gasteiger partial charge in [-0.2, -0.15) is 10.4 Å². The summed E-state index contributed by atoms with van der Waals surface area (Å²) in [4.78, 5) is 4.32. The molecule has 0 radical (unpaired) electrons. The lowest BCUT2D eigenvalue weighted by Crippen LogP contribution is -2.47. The summed E-state index contributed by atoms with van der Waals surface area (Å²) < 4.78 is 7.53. The Hall–Kier alpha value is -3.05. The molecule has 0 aliphatic carbocycles. The summed E-state index contributed by atoms with van der Waals surface area (Å²) in [5.74, 6) is 1.18. The van der Waals surface area contributed by atoms with Crippen molar-refractivity contribution in [2.45, 2.75) is 50.4 Å². The molecule has 1 aromatic heterocycles. The van der Waals surface area contributed by atoms with E-state index in [1.807, 2.05) is 30.3 Å². The minimum absolute atomic E-state index is 0.307. The molecular formula is C21H27N7O. The highest BCUT2D eigenvalue weighted by Gasteiger charge is 2.41. The number of ether oxygens (including phenoxy) is 1. The van der Waals surface area contributed by atoms with Gasteiger partial charge >= 0.3 is 0 Å². The third kappa shape index (κ3) is 4.05. The number of aromatic nitrogens is 2. The van der Waals surface area contributed by atoms with E-state index in [1.165, 1.54) is 6.42 Å². The Morgan fingerprint density at radius 2 is 2.21 bits per heavy atom. The van der Waals surface area contributed by atoms with Gasteiger partial charge in [0, 0.05) is 13.6 Å². The van der Waals surface area contributed by atoms with Crippen molar-refractivity contribution in [1.82, 2.24) is 20.4 Å². The lowest BCUT2D eigenvalue weighted by Gasteiger charge is -2.22. The number of benzene rings is 1. The van der Waals surface area contributed by atoms with Gasteiger partial charge in [0.1, 0.15) is 17.5 Å². The minimum Gasteiger partial charge on any atom is -0.382 e. The molecule has 2 saturated heterocycles. The Bertz CT molecular complexity index is 915. The van der Waals surface area contributed by atoms with E-state index in [9.17, 15) is 5.26 Å². The van der Waals surface area contributed by atoms with Crippen molar-refractivity contribution in [2.24, 2.45) is 4.99 Å². The molecule has 0 spiro atoms. The standard InChI is InChI=1S/C21H27N7O/c1-24-21(26-18-12-15-9-10-19(18)29-15)25-11-5-8-17-16(13-22)20(23)28(27-17)14-6-3-2-4-7-14/h2-4,6-7,15,18-19H,5,8-12,23H2,1H3,(H2,24,25,26). The first kappa shape index (κ1) is 19.3. The van der Waals surface area contributed by atoms with Crippen molar-refractivity contribution in [3.63, 3.8) is 0 Å². The zero-order valence-electron chi connectivity index (χ0n) is 16.6. The Kier molecular flexibility index (Phi) is 5.67. The quantitative estimate of drug-likeness (QED) is 0.391. The van der Waals surface area contributed by atoms with Gasteiger partial charge in [0.05, 0.1) is 29.6 Å². The van der Waals surface area contributed by atoms with Crippen LogP contribution in [-0.2, 0) is 11.2 Å². The van der Waals surface area contributed by atoms with E-state index in [2.05, 4.69) is 26.8 Å². The topological polar surface area (TPSA) is 113 Å². The van der Waals surface area contributed by atoms with Gasteiger partial charge in [0.25, 0.3) is 0 Å². The molecular weight excluding hydrogens is 366 g/mol. The summed E-state index contributed by atoms with van der Waals surface area (Å²) in [5, 5.41) is 20.9. The molecule has 2 aromatic rings. The highest BCUT2D eigenvalue weighted by molar-refractivity contribution is 5.80. The second-order valence-corrected chi connectivity index (χ2v) is 7.53. The number of nitrogens with two attached hydrogens (primary N) is 1. The summed E-state index contributed by atoms with van der Waals surface area (Å²) in [6, 6.07) is 12.2. The van der Waals surface area contributed by atoms with Crippen molar-refractivity contribution in [1.29, 1.82) is 5.26 Å². The van der Waals surface area contributed by atoms with Crippen LogP contribution in [0.4, 0.5) is 5.82 Å². The molecule has 2 fully saturated rings. The molecule has 2 aliphatic heterocycles. The fourth-order valence-corrected chi connectivity index (χ4v) is 4.16. The van der Waals surface area contributed by atoms with Gasteiger partial charge in [-0.05, 0) is 44.2 Å². The van der Waals surface area contributed by atoms with Gasteiger partial charge in [-0.3, -0.25) is 4.99 Å². The molecule has 4 N–H and O–H groups in total. The number of aryl methyl sites for hydroxylation is 1. The number of fused-ring (bicyclic) bond motifs is 2. The number of nitriles is 1.